The van der Waals surface area contributed by atoms with Crippen LogP contribution in [0.5, 0.6) is 0 Å². The maximum absolute atomic E-state index is 6.18. The number of piperidine rings is 1. The summed E-state index contributed by atoms with van der Waals surface area (Å²) in [6, 6.07) is 0.725. The Hall–Kier alpha value is -0.0800. The van der Waals surface area contributed by atoms with Crippen LogP contribution in [-0.4, -0.2) is 29.6 Å². The number of nitrogens with zero attached hydrogens (tertiary/aromatic N) is 1. The van der Waals surface area contributed by atoms with Crippen molar-refractivity contribution in [1.29, 1.82) is 0 Å². The van der Waals surface area contributed by atoms with Gasteiger partial charge in [-0.25, -0.2) is 0 Å². The van der Waals surface area contributed by atoms with Crippen LogP contribution in [0.4, 0.5) is 0 Å². The van der Waals surface area contributed by atoms with Gasteiger partial charge in [0.05, 0.1) is 0 Å². The van der Waals surface area contributed by atoms with Gasteiger partial charge in [-0.15, -0.1) is 0 Å². The fraction of sp³-hybridized carbons (Fsp3) is 1.00. The average molecular weight is 238 g/mol. The highest BCUT2D eigenvalue weighted by molar-refractivity contribution is 5.01. The van der Waals surface area contributed by atoms with Crippen LogP contribution in [0, 0.1) is 11.8 Å². The van der Waals surface area contributed by atoms with Crippen LogP contribution in [0.3, 0.4) is 0 Å². The molecule has 0 amide bonds. The van der Waals surface area contributed by atoms with Crippen LogP contribution in [0.1, 0.15) is 59.3 Å². The lowest BCUT2D eigenvalue weighted by Crippen LogP contribution is -2.59. The van der Waals surface area contributed by atoms with Gasteiger partial charge in [0.25, 0.3) is 0 Å². The predicted octanol–water partition coefficient (Wildman–Crippen LogP) is 3.01. The maximum atomic E-state index is 6.18. The van der Waals surface area contributed by atoms with Gasteiger partial charge < -0.3 is 5.73 Å². The fourth-order valence-electron chi connectivity index (χ4n) is 4.13. The number of nitrogens with two attached hydrogens (primary N) is 1. The molecule has 0 aromatic heterocycles. The average Bonchev–Trinajstić information content (AvgIpc) is 2.77. The van der Waals surface area contributed by atoms with Gasteiger partial charge in [0.1, 0.15) is 0 Å². The molecule has 1 aliphatic heterocycles. The molecule has 0 radical (unpaired) electrons. The van der Waals surface area contributed by atoms with Crippen molar-refractivity contribution in [2.45, 2.75) is 70.9 Å². The first-order valence-electron chi connectivity index (χ1n) is 7.60. The van der Waals surface area contributed by atoms with Crippen LogP contribution >= 0.6 is 0 Å². The Balaban J connectivity index is 2.12. The lowest BCUT2D eigenvalue weighted by atomic mass is 9.84. The highest BCUT2D eigenvalue weighted by Crippen LogP contribution is 2.43. The van der Waals surface area contributed by atoms with Crippen molar-refractivity contribution in [3.63, 3.8) is 0 Å². The second-order valence-electron chi connectivity index (χ2n) is 6.50. The molecule has 2 heteroatoms. The third-order valence-electron chi connectivity index (χ3n) is 5.63. The molecule has 0 bridgehead atoms. The van der Waals surface area contributed by atoms with Gasteiger partial charge in [-0.05, 0) is 57.4 Å². The van der Waals surface area contributed by atoms with Crippen molar-refractivity contribution in [3.8, 4) is 0 Å². The predicted molar refractivity (Wildman–Crippen MR) is 74.0 cm³/mol. The van der Waals surface area contributed by atoms with Gasteiger partial charge in [0.15, 0.2) is 0 Å². The summed E-state index contributed by atoms with van der Waals surface area (Å²) in [7, 11) is 0. The molecule has 2 N–H and O–H groups in total. The summed E-state index contributed by atoms with van der Waals surface area (Å²) < 4.78 is 0. The van der Waals surface area contributed by atoms with E-state index in [4.69, 9.17) is 5.73 Å². The van der Waals surface area contributed by atoms with Crippen LogP contribution < -0.4 is 5.73 Å². The minimum Gasteiger partial charge on any atom is -0.329 e. The van der Waals surface area contributed by atoms with Gasteiger partial charge in [-0.2, -0.15) is 0 Å². The highest BCUT2D eigenvalue weighted by Gasteiger charge is 2.45. The molecule has 0 aromatic carbocycles. The molecule has 100 valence electrons. The summed E-state index contributed by atoms with van der Waals surface area (Å²) in [4.78, 5) is 2.77. The maximum Gasteiger partial charge on any atom is 0.0337 e. The van der Waals surface area contributed by atoms with Crippen LogP contribution in [0.25, 0.3) is 0 Å². The highest BCUT2D eigenvalue weighted by atomic mass is 15.2. The van der Waals surface area contributed by atoms with Crippen LogP contribution in [0.2, 0.25) is 0 Å². The van der Waals surface area contributed by atoms with E-state index in [2.05, 4.69) is 25.7 Å². The normalized spacial score (nSPS) is 44.1. The lowest BCUT2D eigenvalue weighted by molar-refractivity contribution is 0.00542. The first-order chi connectivity index (χ1) is 8.13. The van der Waals surface area contributed by atoms with Gasteiger partial charge in [-0.3, -0.25) is 4.90 Å². The molecule has 1 saturated heterocycles. The minimum atomic E-state index is 0.342. The molecular formula is C15H30N2. The van der Waals surface area contributed by atoms with Gasteiger partial charge >= 0.3 is 0 Å². The first kappa shape index (κ1) is 13.4. The van der Waals surface area contributed by atoms with Crippen molar-refractivity contribution >= 4 is 0 Å². The Labute approximate surface area is 107 Å². The molecule has 2 nitrogen and oxygen atoms in total. The van der Waals surface area contributed by atoms with Crippen molar-refractivity contribution in [3.05, 3.63) is 0 Å². The summed E-state index contributed by atoms with van der Waals surface area (Å²) in [6.07, 6.45) is 8.17. The Bertz CT molecular complexity index is 253. The lowest BCUT2D eigenvalue weighted by Gasteiger charge is -2.49. The largest absolute Gasteiger partial charge is 0.329 e. The van der Waals surface area contributed by atoms with E-state index in [1.807, 2.05) is 0 Å². The summed E-state index contributed by atoms with van der Waals surface area (Å²) in [5.41, 5.74) is 6.52. The van der Waals surface area contributed by atoms with E-state index in [0.717, 1.165) is 24.4 Å². The van der Waals surface area contributed by atoms with Crippen molar-refractivity contribution in [2.75, 3.05) is 13.1 Å². The van der Waals surface area contributed by atoms with Crippen LogP contribution in [0.15, 0.2) is 0 Å². The van der Waals surface area contributed by atoms with E-state index in [1.165, 1.54) is 45.1 Å². The Kier molecular flexibility index (Phi) is 4.14. The van der Waals surface area contributed by atoms with Gasteiger partial charge in [-0.1, -0.05) is 20.3 Å². The second-order valence-corrected chi connectivity index (χ2v) is 6.50. The zero-order valence-electron chi connectivity index (χ0n) is 11.9. The fourth-order valence-corrected chi connectivity index (χ4v) is 4.13. The Morgan fingerprint density at radius 2 is 2.06 bits per heavy atom. The minimum absolute atomic E-state index is 0.342. The van der Waals surface area contributed by atoms with E-state index in [9.17, 15) is 0 Å². The molecule has 4 atom stereocenters. The van der Waals surface area contributed by atoms with Crippen molar-refractivity contribution in [1.82, 2.24) is 4.90 Å². The molecule has 2 aliphatic rings. The summed E-state index contributed by atoms with van der Waals surface area (Å²) >= 11 is 0. The molecule has 0 spiro atoms. The van der Waals surface area contributed by atoms with E-state index < -0.39 is 0 Å². The molecule has 1 saturated carbocycles. The number of likely N-dealkylation sites (tertiary alicyclic amines) is 1. The summed E-state index contributed by atoms with van der Waals surface area (Å²) in [5, 5.41) is 0. The third kappa shape index (κ3) is 2.39. The zero-order valence-corrected chi connectivity index (χ0v) is 11.9. The quantitative estimate of drug-likeness (QED) is 0.819. The van der Waals surface area contributed by atoms with Crippen molar-refractivity contribution in [2.24, 2.45) is 17.6 Å². The third-order valence-corrected chi connectivity index (χ3v) is 5.63. The first-order valence-corrected chi connectivity index (χ1v) is 7.60. The van der Waals surface area contributed by atoms with E-state index >= 15 is 0 Å². The molecule has 2 fully saturated rings. The Morgan fingerprint density at radius 1 is 1.29 bits per heavy atom. The Morgan fingerprint density at radius 3 is 2.65 bits per heavy atom. The van der Waals surface area contributed by atoms with Crippen molar-refractivity contribution < 1.29 is 0 Å². The number of hydrogen-bond donors (Lipinski definition) is 1. The standard InChI is InChI=1S/C15H30N2/c1-4-14-7-8-15(10-14,11-16)17-9-5-6-12(2)13(17)3/h12-14H,4-11,16H2,1-3H3. The second kappa shape index (κ2) is 5.27. The molecule has 17 heavy (non-hydrogen) atoms. The molecule has 4 unspecified atom stereocenters. The summed E-state index contributed by atoms with van der Waals surface area (Å²) in [6.45, 7) is 9.30. The van der Waals surface area contributed by atoms with Gasteiger partial charge in [0, 0.05) is 18.1 Å². The zero-order chi connectivity index (χ0) is 12.5. The topological polar surface area (TPSA) is 29.3 Å². The number of hydrogen-bond acceptors (Lipinski definition) is 2. The molecule has 1 heterocycles. The molecular weight excluding hydrogens is 208 g/mol. The summed E-state index contributed by atoms with van der Waals surface area (Å²) in [5.74, 6) is 1.76. The molecule has 2 rings (SSSR count). The van der Waals surface area contributed by atoms with E-state index in [0.29, 0.717) is 5.54 Å². The number of rotatable bonds is 3. The molecule has 0 aromatic rings. The van der Waals surface area contributed by atoms with Gasteiger partial charge in [0.2, 0.25) is 0 Å². The van der Waals surface area contributed by atoms with E-state index in [-0.39, 0.29) is 0 Å². The van der Waals surface area contributed by atoms with Crippen LogP contribution in [-0.2, 0) is 0 Å². The monoisotopic (exact) mass is 238 g/mol. The van der Waals surface area contributed by atoms with E-state index in [1.54, 1.807) is 0 Å². The smallest absolute Gasteiger partial charge is 0.0337 e. The molecule has 1 aliphatic carbocycles. The SMILES string of the molecule is CCC1CCC(CN)(N2CCCC(C)C2C)C1.